The van der Waals surface area contributed by atoms with Crippen LogP contribution in [0.3, 0.4) is 0 Å². The first kappa shape index (κ1) is 10.1. The van der Waals surface area contributed by atoms with E-state index in [4.69, 9.17) is 10.3 Å². The van der Waals surface area contributed by atoms with Crippen molar-refractivity contribution in [2.45, 2.75) is 19.4 Å². The minimum Gasteiger partial charge on any atom is -0.339 e. The fourth-order valence-corrected chi connectivity index (χ4v) is 0.916. The van der Waals surface area contributed by atoms with E-state index in [9.17, 15) is 0 Å². The molecule has 5 nitrogen and oxygen atoms in total. The SMILES string of the molecule is CC(CN)c1nc(CN(C)C)no1. The fourth-order valence-electron chi connectivity index (χ4n) is 0.916. The Hall–Kier alpha value is -0.940. The van der Waals surface area contributed by atoms with Gasteiger partial charge in [-0.25, -0.2) is 0 Å². The van der Waals surface area contributed by atoms with Crippen LogP contribution in [0.4, 0.5) is 0 Å². The average Bonchev–Trinajstić information content (AvgIpc) is 2.50. The zero-order chi connectivity index (χ0) is 9.84. The lowest BCUT2D eigenvalue weighted by atomic mass is 10.2. The third kappa shape index (κ3) is 2.78. The second-order valence-corrected chi connectivity index (χ2v) is 3.42. The van der Waals surface area contributed by atoms with E-state index in [1.807, 2.05) is 25.9 Å². The summed E-state index contributed by atoms with van der Waals surface area (Å²) in [7, 11) is 3.92. The van der Waals surface area contributed by atoms with E-state index in [0.717, 1.165) is 0 Å². The van der Waals surface area contributed by atoms with Gasteiger partial charge < -0.3 is 15.2 Å². The molecule has 0 saturated carbocycles. The van der Waals surface area contributed by atoms with Crippen LogP contribution < -0.4 is 5.73 Å². The predicted octanol–water partition coefficient (Wildman–Crippen LogP) is 0.193. The van der Waals surface area contributed by atoms with Crippen LogP contribution >= 0.6 is 0 Å². The normalized spacial score (nSPS) is 13.6. The molecular weight excluding hydrogens is 168 g/mol. The van der Waals surface area contributed by atoms with Crippen molar-refractivity contribution in [3.8, 4) is 0 Å². The number of nitrogens with zero attached hydrogens (tertiary/aromatic N) is 3. The summed E-state index contributed by atoms with van der Waals surface area (Å²) in [5.41, 5.74) is 5.48. The van der Waals surface area contributed by atoms with Gasteiger partial charge in [0.25, 0.3) is 0 Å². The lowest BCUT2D eigenvalue weighted by Gasteiger charge is -2.03. The monoisotopic (exact) mass is 184 g/mol. The summed E-state index contributed by atoms with van der Waals surface area (Å²) >= 11 is 0. The maximum absolute atomic E-state index is 5.48. The molecule has 0 saturated heterocycles. The van der Waals surface area contributed by atoms with Crippen LogP contribution in [0, 0.1) is 0 Å². The first-order valence-electron chi connectivity index (χ1n) is 4.30. The lowest BCUT2D eigenvalue weighted by molar-refractivity contribution is 0.340. The Balaban J connectivity index is 2.63. The largest absolute Gasteiger partial charge is 0.339 e. The Morgan fingerprint density at radius 2 is 2.23 bits per heavy atom. The number of hydrogen-bond donors (Lipinski definition) is 1. The molecule has 1 rings (SSSR count). The maximum atomic E-state index is 5.48. The quantitative estimate of drug-likeness (QED) is 0.723. The Morgan fingerprint density at radius 1 is 1.54 bits per heavy atom. The Kier molecular flexibility index (Phi) is 3.39. The molecule has 13 heavy (non-hydrogen) atoms. The maximum Gasteiger partial charge on any atom is 0.230 e. The highest BCUT2D eigenvalue weighted by molar-refractivity contribution is 4.92. The zero-order valence-corrected chi connectivity index (χ0v) is 8.32. The summed E-state index contributed by atoms with van der Waals surface area (Å²) in [5.74, 6) is 1.48. The molecule has 1 aromatic rings. The predicted molar refractivity (Wildman–Crippen MR) is 49.2 cm³/mol. The summed E-state index contributed by atoms with van der Waals surface area (Å²) in [4.78, 5) is 6.21. The molecule has 1 heterocycles. The molecule has 0 aliphatic carbocycles. The summed E-state index contributed by atoms with van der Waals surface area (Å²) in [5, 5.41) is 3.84. The average molecular weight is 184 g/mol. The van der Waals surface area contributed by atoms with Crippen molar-refractivity contribution in [2.75, 3.05) is 20.6 Å². The van der Waals surface area contributed by atoms with E-state index in [1.54, 1.807) is 0 Å². The smallest absolute Gasteiger partial charge is 0.230 e. The highest BCUT2D eigenvalue weighted by Gasteiger charge is 2.12. The van der Waals surface area contributed by atoms with Gasteiger partial charge in [0.05, 0.1) is 6.54 Å². The third-order valence-electron chi connectivity index (χ3n) is 1.72. The minimum atomic E-state index is 0.142. The molecule has 2 N–H and O–H groups in total. The van der Waals surface area contributed by atoms with Crippen LogP contribution in [0.1, 0.15) is 24.6 Å². The van der Waals surface area contributed by atoms with Crippen LogP contribution in [0.2, 0.25) is 0 Å². The minimum absolute atomic E-state index is 0.142. The molecule has 0 aliphatic rings. The summed E-state index contributed by atoms with van der Waals surface area (Å²) in [6, 6.07) is 0. The third-order valence-corrected chi connectivity index (χ3v) is 1.72. The van der Waals surface area contributed by atoms with Crippen molar-refractivity contribution in [2.24, 2.45) is 5.73 Å². The van der Waals surface area contributed by atoms with E-state index >= 15 is 0 Å². The molecule has 5 heteroatoms. The summed E-state index contributed by atoms with van der Waals surface area (Å²) in [6.45, 7) is 3.19. The van der Waals surface area contributed by atoms with Gasteiger partial charge in [-0.2, -0.15) is 4.98 Å². The summed E-state index contributed by atoms with van der Waals surface area (Å²) < 4.78 is 5.05. The molecule has 0 fully saturated rings. The van der Waals surface area contributed by atoms with Crippen LogP contribution in [0.15, 0.2) is 4.52 Å². The van der Waals surface area contributed by atoms with E-state index < -0.39 is 0 Å². The number of nitrogens with two attached hydrogens (primary N) is 1. The van der Waals surface area contributed by atoms with Crippen molar-refractivity contribution in [3.05, 3.63) is 11.7 Å². The van der Waals surface area contributed by atoms with E-state index in [1.165, 1.54) is 0 Å². The van der Waals surface area contributed by atoms with Gasteiger partial charge in [0.15, 0.2) is 5.82 Å². The van der Waals surface area contributed by atoms with Gasteiger partial charge >= 0.3 is 0 Å². The van der Waals surface area contributed by atoms with Gasteiger partial charge in [0.1, 0.15) is 0 Å². The fraction of sp³-hybridized carbons (Fsp3) is 0.750. The first-order chi connectivity index (χ1) is 6.13. The van der Waals surface area contributed by atoms with Gasteiger partial charge in [0.2, 0.25) is 5.89 Å². The number of rotatable bonds is 4. The van der Waals surface area contributed by atoms with E-state index in [0.29, 0.717) is 24.8 Å². The Bertz CT molecular complexity index is 258. The topological polar surface area (TPSA) is 68.2 Å². The molecule has 0 bridgehead atoms. The highest BCUT2D eigenvalue weighted by atomic mass is 16.5. The van der Waals surface area contributed by atoms with Crippen LogP contribution in [-0.2, 0) is 6.54 Å². The van der Waals surface area contributed by atoms with Gasteiger partial charge in [-0.05, 0) is 14.1 Å². The van der Waals surface area contributed by atoms with Crippen molar-refractivity contribution in [1.29, 1.82) is 0 Å². The van der Waals surface area contributed by atoms with Crippen LogP contribution in [0.25, 0.3) is 0 Å². The molecule has 1 aromatic heterocycles. The van der Waals surface area contributed by atoms with E-state index in [-0.39, 0.29) is 5.92 Å². The highest BCUT2D eigenvalue weighted by Crippen LogP contribution is 2.10. The Morgan fingerprint density at radius 3 is 2.77 bits per heavy atom. The van der Waals surface area contributed by atoms with Gasteiger partial charge in [-0.15, -0.1) is 0 Å². The van der Waals surface area contributed by atoms with E-state index in [2.05, 4.69) is 10.1 Å². The molecule has 0 aliphatic heterocycles. The molecule has 1 unspecified atom stereocenters. The van der Waals surface area contributed by atoms with Crippen molar-refractivity contribution >= 4 is 0 Å². The lowest BCUT2D eigenvalue weighted by Crippen LogP contribution is -2.12. The van der Waals surface area contributed by atoms with Crippen molar-refractivity contribution < 1.29 is 4.52 Å². The molecule has 0 amide bonds. The molecule has 1 atom stereocenters. The molecule has 74 valence electrons. The second-order valence-electron chi connectivity index (χ2n) is 3.42. The molecule has 0 aromatic carbocycles. The zero-order valence-electron chi connectivity index (χ0n) is 8.32. The van der Waals surface area contributed by atoms with Crippen LogP contribution in [-0.4, -0.2) is 35.7 Å². The van der Waals surface area contributed by atoms with Gasteiger partial charge in [-0.3, -0.25) is 0 Å². The standard InChI is InChI=1S/C8H16N4O/c1-6(4-9)8-10-7(11-13-8)5-12(2)3/h6H,4-5,9H2,1-3H3. The Labute approximate surface area is 77.9 Å². The molecule has 0 radical (unpaired) electrons. The number of aromatic nitrogens is 2. The molecular formula is C8H16N4O. The number of hydrogen-bond acceptors (Lipinski definition) is 5. The summed E-state index contributed by atoms with van der Waals surface area (Å²) in [6.07, 6.45) is 0. The van der Waals surface area contributed by atoms with Crippen molar-refractivity contribution in [1.82, 2.24) is 15.0 Å². The van der Waals surface area contributed by atoms with Gasteiger partial charge in [-0.1, -0.05) is 12.1 Å². The first-order valence-corrected chi connectivity index (χ1v) is 4.30. The van der Waals surface area contributed by atoms with Gasteiger partial charge in [0, 0.05) is 12.5 Å². The van der Waals surface area contributed by atoms with Crippen molar-refractivity contribution in [3.63, 3.8) is 0 Å². The molecule has 0 spiro atoms. The second kappa shape index (κ2) is 4.34. The van der Waals surface area contributed by atoms with Crippen LogP contribution in [0.5, 0.6) is 0 Å².